The summed E-state index contributed by atoms with van der Waals surface area (Å²) in [5.41, 5.74) is 7.51. The fourth-order valence-corrected chi connectivity index (χ4v) is 11.8. The quantitative estimate of drug-likeness (QED) is 0.291. The van der Waals surface area contributed by atoms with Crippen molar-refractivity contribution in [3.63, 3.8) is 0 Å². The van der Waals surface area contributed by atoms with Gasteiger partial charge in [-0.1, -0.05) is 115 Å². The van der Waals surface area contributed by atoms with Gasteiger partial charge in [0.15, 0.2) is 0 Å². The standard InChI is InChI=1S/C48H54N2/c1-4-12-33(13-5-1)35-20-25-40(26-21-35)49-45-19-11-10-18-41(45)43-30-36(23-28-46(43)49)37-24-29-47-44(31-37)42-27-22-38(34-14-6-2-7-15-34)32-48(42)50(47)39-16-8-3-9-17-39/h1,3-4,6,8,10-12,14,18-22,24-27,29,31-32,34,36,39,41-48H,2,5,7,9,13,15-17,23,28,30H2. The van der Waals surface area contributed by atoms with Crippen LogP contribution in [0.3, 0.4) is 0 Å². The predicted molar refractivity (Wildman–Crippen MR) is 210 cm³/mol. The highest BCUT2D eigenvalue weighted by Gasteiger charge is 2.52. The lowest BCUT2D eigenvalue weighted by atomic mass is 9.69. The zero-order valence-corrected chi connectivity index (χ0v) is 29.6. The Bertz CT molecular complexity index is 1770. The van der Waals surface area contributed by atoms with Crippen LogP contribution in [0.15, 0.2) is 139 Å². The second-order valence-electron chi connectivity index (χ2n) is 16.7. The van der Waals surface area contributed by atoms with Crippen molar-refractivity contribution in [3.05, 3.63) is 144 Å². The molecular weight excluding hydrogens is 605 g/mol. The fraction of sp³-hybridized carbons (Fsp3) is 0.458. The lowest BCUT2D eigenvalue weighted by Gasteiger charge is -2.40. The largest absolute Gasteiger partial charge is 0.361 e. The van der Waals surface area contributed by atoms with Crippen LogP contribution in [0.5, 0.6) is 0 Å². The minimum absolute atomic E-state index is 0.470. The van der Waals surface area contributed by atoms with Crippen LogP contribution in [0, 0.1) is 35.5 Å². The van der Waals surface area contributed by atoms with Gasteiger partial charge in [0.25, 0.3) is 0 Å². The molecule has 0 spiro atoms. The Kier molecular flexibility index (Phi) is 8.20. The summed E-state index contributed by atoms with van der Waals surface area (Å²) in [6, 6.07) is 12.4. The summed E-state index contributed by atoms with van der Waals surface area (Å²) < 4.78 is 0. The third-order valence-corrected chi connectivity index (χ3v) is 14.2. The molecular formula is C48H54N2. The molecule has 0 bridgehead atoms. The van der Waals surface area contributed by atoms with E-state index in [1.807, 2.05) is 0 Å². The lowest BCUT2D eigenvalue weighted by Crippen LogP contribution is -2.45. The van der Waals surface area contributed by atoms with E-state index in [1.54, 1.807) is 11.1 Å². The maximum Gasteiger partial charge on any atom is 0.0545 e. The summed E-state index contributed by atoms with van der Waals surface area (Å²) in [5.74, 6) is 3.74. The number of rotatable bonds is 5. The molecule has 0 amide bonds. The van der Waals surface area contributed by atoms with Gasteiger partial charge in [-0.15, -0.1) is 0 Å². The molecule has 7 aliphatic carbocycles. The molecule has 0 N–H and O–H groups in total. The van der Waals surface area contributed by atoms with Crippen LogP contribution in [0.2, 0.25) is 0 Å². The van der Waals surface area contributed by atoms with E-state index >= 15 is 0 Å². The van der Waals surface area contributed by atoms with Gasteiger partial charge in [0.05, 0.1) is 6.04 Å². The third kappa shape index (κ3) is 5.40. The first-order valence-corrected chi connectivity index (χ1v) is 20.3. The minimum Gasteiger partial charge on any atom is -0.361 e. The summed E-state index contributed by atoms with van der Waals surface area (Å²) in [6.45, 7) is 0. The topological polar surface area (TPSA) is 6.48 Å². The predicted octanol–water partition coefficient (Wildman–Crippen LogP) is 10.9. The van der Waals surface area contributed by atoms with Gasteiger partial charge in [0.1, 0.15) is 0 Å². The molecule has 2 saturated heterocycles. The Hall–Kier alpha value is -3.62. The fourth-order valence-electron chi connectivity index (χ4n) is 11.8. The van der Waals surface area contributed by atoms with Crippen LogP contribution in [-0.4, -0.2) is 35.1 Å². The normalized spacial score (nSPS) is 39.8. The molecule has 50 heavy (non-hydrogen) atoms. The van der Waals surface area contributed by atoms with Crippen molar-refractivity contribution in [2.45, 2.75) is 101 Å². The molecule has 1 aromatic carbocycles. The van der Waals surface area contributed by atoms with Gasteiger partial charge in [-0.2, -0.15) is 0 Å². The number of nitrogens with zero attached hydrogens (tertiary/aromatic N) is 2. The third-order valence-electron chi connectivity index (χ3n) is 14.2. The number of likely N-dealkylation sites (tertiary alicyclic amines) is 1. The highest BCUT2D eigenvalue weighted by Crippen LogP contribution is 2.53. The SMILES string of the molecule is C1=CCCC(c2ccc(N3C4C=CC=CC4C4CC(C5=CC6C7C=CC(C8C=CCCC8)=CC7N(C7CC=CCC7)C6C=C5)CCC43)cc2)=C1. The van der Waals surface area contributed by atoms with Crippen molar-refractivity contribution in [2.24, 2.45) is 35.5 Å². The molecule has 0 aromatic heterocycles. The van der Waals surface area contributed by atoms with Gasteiger partial charge in [0, 0.05) is 53.5 Å². The Morgan fingerprint density at radius 1 is 0.620 bits per heavy atom. The second kappa shape index (κ2) is 13.2. The maximum atomic E-state index is 2.97. The molecule has 1 saturated carbocycles. The van der Waals surface area contributed by atoms with Crippen LogP contribution in [0.25, 0.3) is 5.57 Å². The van der Waals surface area contributed by atoms with Gasteiger partial charge < -0.3 is 4.90 Å². The molecule has 256 valence electrons. The Morgan fingerprint density at radius 3 is 2.38 bits per heavy atom. The highest BCUT2D eigenvalue weighted by molar-refractivity contribution is 5.70. The molecule has 11 unspecified atom stereocenters. The van der Waals surface area contributed by atoms with Crippen LogP contribution >= 0.6 is 0 Å². The van der Waals surface area contributed by atoms with Crippen LogP contribution in [-0.2, 0) is 0 Å². The Balaban J connectivity index is 0.908. The molecule has 0 radical (unpaired) electrons. The van der Waals surface area contributed by atoms with E-state index in [0.29, 0.717) is 65.7 Å². The zero-order valence-electron chi connectivity index (χ0n) is 29.6. The number of benzene rings is 1. The number of allylic oxidation sites excluding steroid dienone is 13. The summed E-state index contributed by atoms with van der Waals surface area (Å²) >= 11 is 0. The zero-order chi connectivity index (χ0) is 33.0. The van der Waals surface area contributed by atoms with Gasteiger partial charge in [-0.05, 0) is 117 Å². The van der Waals surface area contributed by atoms with E-state index in [1.165, 1.54) is 74.6 Å². The molecule has 10 rings (SSSR count). The summed E-state index contributed by atoms with van der Waals surface area (Å²) in [6.07, 6.45) is 56.1. The van der Waals surface area contributed by atoms with E-state index < -0.39 is 0 Å². The van der Waals surface area contributed by atoms with Crippen molar-refractivity contribution in [1.29, 1.82) is 0 Å². The first kappa shape index (κ1) is 31.1. The Labute approximate surface area is 300 Å². The van der Waals surface area contributed by atoms with Crippen molar-refractivity contribution in [2.75, 3.05) is 4.90 Å². The molecule has 11 atom stereocenters. The van der Waals surface area contributed by atoms with Gasteiger partial charge in [-0.25, -0.2) is 0 Å². The number of anilines is 1. The average Bonchev–Trinajstić information content (AvgIpc) is 3.70. The summed E-state index contributed by atoms with van der Waals surface area (Å²) in [5, 5.41) is 0. The molecule has 2 heterocycles. The number of fused-ring (bicyclic) bond motifs is 6. The van der Waals surface area contributed by atoms with Gasteiger partial charge >= 0.3 is 0 Å². The Morgan fingerprint density at radius 2 is 1.54 bits per heavy atom. The second-order valence-corrected chi connectivity index (χ2v) is 16.7. The van der Waals surface area contributed by atoms with E-state index in [9.17, 15) is 0 Å². The monoisotopic (exact) mass is 658 g/mol. The first-order valence-electron chi connectivity index (χ1n) is 20.3. The lowest BCUT2D eigenvalue weighted by molar-refractivity contribution is 0.151. The molecule has 2 heteroatoms. The average molecular weight is 659 g/mol. The summed E-state index contributed by atoms with van der Waals surface area (Å²) in [4.78, 5) is 5.79. The van der Waals surface area contributed by atoms with Crippen LogP contribution < -0.4 is 4.90 Å². The van der Waals surface area contributed by atoms with E-state index in [0.717, 1.165) is 12.8 Å². The van der Waals surface area contributed by atoms with Crippen molar-refractivity contribution < 1.29 is 0 Å². The molecule has 1 aromatic rings. The van der Waals surface area contributed by atoms with Crippen LogP contribution in [0.1, 0.15) is 76.2 Å². The van der Waals surface area contributed by atoms with Crippen LogP contribution in [0.4, 0.5) is 5.69 Å². The number of hydrogen-bond donors (Lipinski definition) is 0. The van der Waals surface area contributed by atoms with Gasteiger partial charge in [-0.3, -0.25) is 4.90 Å². The molecule has 2 nitrogen and oxygen atoms in total. The van der Waals surface area contributed by atoms with Crippen molar-refractivity contribution in [3.8, 4) is 0 Å². The van der Waals surface area contributed by atoms with E-state index in [-0.39, 0.29) is 0 Å². The number of hydrogen-bond acceptors (Lipinski definition) is 2. The highest BCUT2D eigenvalue weighted by atomic mass is 15.3. The first-order chi connectivity index (χ1) is 24.8. The van der Waals surface area contributed by atoms with E-state index in [4.69, 9.17) is 0 Å². The smallest absolute Gasteiger partial charge is 0.0545 e. The molecule has 2 aliphatic heterocycles. The van der Waals surface area contributed by atoms with Gasteiger partial charge in [0.2, 0.25) is 0 Å². The minimum atomic E-state index is 0.470. The maximum absolute atomic E-state index is 2.97. The summed E-state index contributed by atoms with van der Waals surface area (Å²) in [7, 11) is 0. The molecule has 3 fully saturated rings. The van der Waals surface area contributed by atoms with Crippen molar-refractivity contribution in [1.82, 2.24) is 4.90 Å². The molecule has 9 aliphatic rings. The van der Waals surface area contributed by atoms with Crippen molar-refractivity contribution >= 4 is 11.3 Å². The van der Waals surface area contributed by atoms with E-state index in [2.05, 4.69) is 137 Å².